The monoisotopic (exact) mass is 337 g/mol. The molecule has 0 saturated carbocycles. The Morgan fingerprint density at radius 3 is 3.08 bits per heavy atom. The van der Waals surface area contributed by atoms with E-state index in [2.05, 4.69) is 19.5 Å². The summed E-state index contributed by atoms with van der Waals surface area (Å²) in [7, 11) is 0. The highest BCUT2D eigenvalue weighted by Crippen LogP contribution is 2.22. The molecule has 25 heavy (non-hydrogen) atoms. The summed E-state index contributed by atoms with van der Waals surface area (Å²) < 4.78 is 2.12. The van der Waals surface area contributed by atoms with Gasteiger partial charge in [0.15, 0.2) is 0 Å². The van der Waals surface area contributed by atoms with Gasteiger partial charge in [-0.3, -0.25) is 4.79 Å². The lowest BCUT2D eigenvalue weighted by atomic mass is 10.0. The van der Waals surface area contributed by atoms with Gasteiger partial charge in [0.25, 0.3) is 0 Å². The summed E-state index contributed by atoms with van der Waals surface area (Å²) in [6, 6.07) is 8.38. The maximum Gasteiger partial charge on any atom is 0.222 e. The first-order chi connectivity index (χ1) is 12.3. The number of imidazole rings is 2. The number of likely N-dealkylation sites (tertiary alicyclic amines) is 1. The molecule has 3 aromatic rings. The van der Waals surface area contributed by atoms with Crippen LogP contribution < -0.4 is 0 Å². The van der Waals surface area contributed by atoms with E-state index in [0.717, 1.165) is 55.6 Å². The van der Waals surface area contributed by atoms with E-state index in [9.17, 15) is 4.79 Å². The number of piperidine rings is 1. The van der Waals surface area contributed by atoms with Gasteiger partial charge in [-0.2, -0.15) is 0 Å². The van der Waals surface area contributed by atoms with Crippen LogP contribution in [0.15, 0.2) is 43.0 Å². The van der Waals surface area contributed by atoms with Crippen molar-refractivity contribution in [2.75, 3.05) is 13.1 Å². The van der Waals surface area contributed by atoms with Gasteiger partial charge in [-0.1, -0.05) is 12.1 Å². The Morgan fingerprint density at radius 1 is 1.32 bits per heavy atom. The number of hydrogen-bond donors (Lipinski definition) is 1. The van der Waals surface area contributed by atoms with Gasteiger partial charge < -0.3 is 14.5 Å². The molecular formula is C19H23N5O. The van der Waals surface area contributed by atoms with E-state index in [0.29, 0.717) is 12.5 Å². The van der Waals surface area contributed by atoms with Crippen LogP contribution in [0, 0.1) is 0 Å². The predicted octanol–water partition coefficient (Wildman–Crippen LogP) is 2.95. The highest BCUT2D eigenvalue weighted by Gasteiger charge is 2.24. The highest BCUT2D eigenvalue weighted by atomic mass is 16.2. The fourth-order valence-corrected chi connectivity index (χ4v) is 3.60. The zero-order valence-corrected chi connectivity index (χ0v) is 14.3. The number of hydrogen-bond acceptors (Lipinski definition) is 3. The van der Waals surface area contributed by atoms with Crippen LogP contribution >= 0.6 is 0 Å². The average Bonchev–Trinajstić information content (AvgIpc) is 3.31. The molecule has 1 aliphatic rings. The minimum absolute atomic E-state index is 0.251. The Labute approximate surface area is 146 Å². The second-order valence-corrected chi connectivity index (χ2v) is 6.70. The van der Waals surface area contributed by atoms with Crippen LogP contribution in [-0.4, -0.2) is 43.4 Å². The van der Waals surface area contributed by atoms with Crippen molar-refractivity contribution in [3.05, 3.63) is 48.8 Å². The van der Waals surface area contributed by atoms with Crippen LogP contribution in [0.1, 0.15) is 37.5 Å². The molecule has 0 radical (unpaired) electrons. The Kier molecular flexibility index (Phi) is 4.50. The molecule has 1 atom stereocenters. The number of benzene rings is 1. The molecule has 1 fully saturated rings. The van der Waals surface area contributed by atoms with Crippen LogP contribution in [0.5, 0.6) is 0 Å². The van der Waals surface area contributed by atoms with E-state index < -0.39 is 0 Å². The van der Waals surface area contributed by atoms with Gasteiger partial charge in [0.1, 0.15) is 5.82 Å². The second-order valence-electron chi connectivity index (χ2n) is 6.70. The molecule has 0 bridgehead atoms. The van der Waals surface area contributed by atoms with Crippen molar-refractivity contribution in [1.29, 1.82) is 0 Å². The molecule has 1 amide bonds. The van der Waals surface area contributed by atoms with Gasteiger partial charge in [0.2, 0.25) is 5.91 Å². The zero-order valence-electron chi connectivity index (χ0n) is 14.3. The SMILES string of the molecule is O=C(CCCc1nc2ccccc2[nH]1)N1CCCC(n2ccnc2)C1. The van der Waals surface area contributed by atoms with Crippen molar-refractivity contribution < 1.29 is 4.79 Å². The summed E-state index contributed by atoms with van der Waals surface area (Å²) in [4.78, 5) is 26.6. The number of rotatable bonds is 5. The fourth-order valence-electron chi connectivity index (χ4n) is 3.60. The number of fused-ring (bicyclic) bond motifs is 1. The molecule has 0 spiro atoms. The number of amides is 1. The molecule has 6 heteroatoms. The standard InChI is InChI=1S/C19H23N5O/c25-19(23-11-4-5-15(13-23)24-12-10-20-14-24)9-3-8-18-21-16-6-1-2-7-17(16)22-18/h1-2,6-7,10,12,14-15H,3-5,8-9,11,13H2,(H,21,22). The summed E-state index contributed by atoms with van der Waals surface area (Å²) in [5, 5.41) is 0. The van der Waals surface area contributed by atoms with Crippen molar-refractivity contribution in [3.8, 4) is 0 Å². The maximum atomic E-state index is 12.5. The van der Waals surface area contributed by atoms with Gasteiger partial charge >= 0.3 is 0 Å². The van der Waals surface area contributed by atoms with Crippen LogP contribution in [-0.2, 0) is 11.2 Å². The van der Waals surface area contributed by atoms with Crippen LogP contribution in [0.3, 0.4) is 0 Å². The number of aryl methyl sites for hydroxylation is 1. The number of para-hydroxylation sites is 2. The Hall–Kier alpha value is -2.63. The minimum Gasteiger partial charge on any atom is -0.342 e. The van der Waals surface area contributed by atoms with E-state index >= 15 is 0 Å². The largest absolute Gasteiger partial charge is 0.342 e. The third-order valence-corrected chi connectivity index (χ3v) is 4.94. The van der Waals surface area contributed by atoms with Crippen molar-refractivity contribution in [1.82, 2.24) is 24.4 Å². The molecular weight excluding hydrogens is 314 g/mol. The molecule has 1 aliphatic heterocycles. The number of aromatic nitrogens is 4. The number of nitrogens with zero attached hydrogens (tertiary/aromatic N) is 4. The summed E-state index contributed by atoms with van der Waals surface area (Å²) in [6.07, 6.45) is 10.0. The molecule has 1 saturated heterocycles. The lowest BCUT2D eigenvalue weighted by Gasteiger charge is -2.33. The Morgan fingerprint density at radius 2 is 2.24 bits per heavy atom. The quantitative estimate of drug-likeness (QED) is 0.778. The topological polar surface area (TPSA) is 66.8 Å². The summed E-state index contributed by atoms with van der Waals surface area (Å²) >= 11 is 0. The third-order valence-electron chi connectivity index (χ3n) is 4.94. The summed E-state index contributed by atoms with van der Waals surface area (Å²) in [5.74, 6) is 1.21. The number of carbonyl (C=O) groups is 1. The number of aromatic amines is 1. The molecule has 2 aromatic heterocycles. The average molecular weight is 337 g/mol. The molecule has 1 N–H and O–H groups in total. The molecule has 3 heterocycles. The zero-order chi connectivity index (χ0) is 17.1. The smallest absolute Gasteiger partial charge is 0.222 e. The first-order valence-corrected chi connectivity index (χ1v) is 8.98. The van der Waals surface area contributed by atoms with E-state index in [1.54, 1.807) is 6.20 Å². The van der Waals surface area contributed by atoms with E-state index in [-0.39, 0.29) is 5.91 Å². The van der Waals surface area contributed by atoms with Crippen LogP contribution in [0.25, 0.3) is 11.0 Å². The van der Waals surface area contributed by atoms with Crippen LogP contribution in [0.2, 0.25) is 0 Å². The third kappa shape index (κ3) is 3.57. The fraction of sp³-hybridized carbons (Fsp3) is 0.421. The molecule has 1 aromatic carbocycles. The summed E-state index contributed by atoms with van der Waals surface area (Å²) in [5.41, 5.74) is 2.05. The van der Waals surface area contributed by atoms with Crippen molar-refractivity contribution >= 4 is 16.9 Å². The van der Waals surface area contributed by atoms with Crippen LogP contribution in [0.4, 0.5) is 0 Å². The minimum atomic E-state index is 0.251. The molecule has 4 rings (SSSR count). The normalized spacial score (nSPS) is 17.9. The number of carbonyl (C=O) groups excluding carboxylic acids is 1. The van der Waals surface area contributed by atoms with Gasteiger partial charge in [-0.15, -0.1) is 0 Å². The number of H-pyrrole nitrogens is 1. The Bertz CT molecular complexity index is 806. The van der Waals surface area contributed by atoms with Gasteiger partial charge in [-0.25, -0.2) is 9.97 Å². The lowest BCUT2D eigenvalue weighted by molar-refractivity contribution is -0.132. The van der Waals surface area contributed by atoms with E-state index in [1.165, 1.54) is 0 Å². The molecule has 6 nitrogen and oxygen atoms in total. The van der Waals surface area contributed by atoms with Crippen molar-refractivity contribution in [2.45, 2.75) is 38.1 Å². The number of nitrogens with one attached hydrogen (secondary N) is 1. The first kappa shape index (κ1) is 15.9. The molecule has 0 aliphatic carbocycles. The Balaban J connectivity index is 1.29. The van der Waals surface area contributed by atoms with Crippen molar-refractivity contribution in [2.24, 2.45) is 0 Å². The van der Waals surface area contributed by atoms with E-state index in [1.807, 2.05) is 41.7 Å². The molecule has 130 valence electrons. The summed E-state index contributed by atoms with van der Waals surface area (Å²) in [6.45, 7) is 1.66. The van der Waals surface area contributed by atoms with Gasteiger partial charge in [-0.05, 0) is 31.4 Å². The van der Waals surface area contributed by atoms with Gasteiger partial charge in [0, 0.05) is 38.3 Å². The van der Waals surface area contributed by atoms with E-state index in [4.69, 9.17) is 0 Å². The molecule has 1 unspecified atom stereocenters. The van der Waals surface area contributed by atoms with Crippen molar-refractivity contribution in [3.63, 3.8) is 0 Å². The highest BCUT2D eigenvalue weighted by molar-refractivity contribution is 5.76. The van der Waals surface area contributed by atoms with Gasteiger partial charge in [0.05, 0.1) is 23.4 Å². The maximum absolute atomic E-state index is 12.5. The first-order valence-electron chi connectivity index (χ1n) is 8.98. The lowest BCUT2D eigenvalue weighted by Crippen LogP contribution is -2.40. The second kappa shape index (κ2) is 7.09. The predicted molar refractivity (Wildman–Crippen MR) is 96.1 cm³/mol.